The van der Waals surface area contributed by atoms with E-state index in [9.17, 15) is 4.79 Å². The van der Waals surface area contributed by atoms with E-state index in [1.807, 2.05) is 39.9 Å². The van der Waals surface area contributed by atoms with Crippen molar-refractivity contribution in [1.82, 2.24) is 14.7 Å². The highest BCUT2D eigenvalue weighted by Gasteiger charge is 2.35. The average Bonchev–Trinajstić information content (AvgIpc) is 3.13. The number of carbonyl (C=O) groups excluding carboxylic acids is 1. The van der Waals surface area contributed by atoms with E-state index < -0.39 is 0 Å². The maximum atomic E-state index is 12.8. The number of hydrogen-bond donors (Lipinski definition) is 1. The van der Waals surface area contributed by atoms with E-state index in [1.54, 1.807) is 6.20 Å². The standard InChI is InChI=1S/C17H20N4O/c18-13-8-9-20(11-13)17(22)15-10-19-21(16(15)12-6-7-12)14-4-2-1-3-5-14/h1-5,10,12-13H,6-9,11,18H2/t13-/m1/s1. The van der Waals surface area contributed by atoms with Crippen molar-refractivity contribution in [2.24, 2.45) is 5.73 Å². The van der Waals surface area contributed by atoms with Crippen LogP contribution in [0, 0.1) is 0 Å². The smallest absolute Gasteiger partial charge is 0.257 e. The molecule has 1 aromatic heterocycles. The van der Waals surface area contributed by atoms with Crippen LogP contribution >= 0.6 is 0 Å². The van der Waals surface area contributed by atoms with Crippen LogP contribution in [0.4, 0.5) is 0 Å². The third-order valence-electron chi connectivity index (χ3n) is 4.51. The Kier molecular flexibility index (Phi) is 3.22. The van der Waals surface area contributed by atoms with Gasteiger partial charge >= 0.3 is 0 Å². The number of hydrogen-bond acceptors (Lipinski definition) is 3. The maximum absolute atomic E-state index is 12.8. The van der Waals surface area contributed by atoms with Crippen LogP contribution in [0.2, 0.25) is 0 Å². The molecule has 1 saturated carbocycles. The van der Waals surface area contributed by atoms with Crippen molar-refractivity contribution in [3.63, 3.8) is 0 Å². The van der Waals surface area contributed by atoms with E-state index in [-0.39, 0.29) is 11.9 Å². The van der Waals surface area contributed by atoms with Crippen LogP contribution in [-0.2, 0) is 0 Å². The van der Waals surface area contributed by atoms with E-state index >= 15 is 0 Å². The Hall–Kier alpha value is -2.14. The van der Waals surface area contributed by atoms with Crippen molar-refractivity contribution in [2.45, 2.75) is 31.2 Å². The molecule has 2 aromatic rings. The van der Waals surface area contributed by atoms with E-state index in [0.29, 0.717) is 12.5 Å². The van der Waals surface area contributed by atoms with Crippen molar-refractivity contribution < 1.29 is 4.79 Å². The molecule has 0 spiro atoms. The quantitative estimate of drug-likeness (QED) is 0.941. The normalized spacial score (nSPS) is 21.3. The molecule has 2 aliphatic rings. The fraction of sp³-hybridized carbons (Fsp3) is 0.412. The molecule has 5 nitrogen and oxygen atoms in total. The Bertz CT molecular complexity index is 690. The fourth-order valence-electron chi connectivity index (χ4n) is 3.19. The monoisotopic (exact) mass is 296 g/mol. The highest BCUT2D eigenvalue weighted by atomic mass is 16.2. The third kappa shape index (κ3) is 2.31. The number of para-hydroxylation sites is 1. The summed E-state index contributed by atoms with van der Waals surface area (Å²) in [5.74, 6) is 0.537. The second kappa shape index (κ2) is 5.25. The van der Waals surface area contributed by atoms with E-state index in [2.05, 4.69) is 5.10 Å². The molecule has 1 aliphatic heterocycles. The van der Waals surface area contributed by atoms with Gasteiger partial charge in [0.2, 0.25) is 0 Å². The molecule has 1 saturated heterocycles. The lowest BCUT2D eigenvalue weighted by Gasteiger charge is -2.16. The van der Waals surface area contributed by atoms with Gasteiger partial charge in [-0.05, 0) is 31.4 Å². The lowest BCUT2D eigenvalue weighted by Crippen LogP contribution is -2.32. The van der Waals surface area contributed by atoms with Gasteiger partial charge < -0.3 is 10.6 Å². The molecule has 1 atom stereocenters. The number of nitrogens with two attached hydrogens (primary N) is 1. The van der Waals surface area contributed by atoms with E-state index in [0.717, 1.165) is 42.8 Å². The van der Waals surface area contributed by atoms with Crippen LogP contribution in [0.15, 0.2) is 36.5 Å². The molecule has 2 heterocycles. The summed E-state index contributed by atoms with van der Waals surface area (Å²) in [7, 11) is 0. The molecule has 114 valence electrons. The molecular weight excluding hydrogens is 276 g/mol. The van der Waals surface area contributed by atoms with Crippen LogP contribution in [-0.4, -0.2) is 39.7 Å². The highest BCUT2D eigenvalue weighted by Crippen LogP contribution is 2.42. The summed E-state index contributed by atoms with van der Waals surface area (Å²) in [6, 6.07) is 10.1. The van der Waals surface area contributed by atoms with Crippen LogP contribution in [0.5, 0.6) is 0 Å². The van der Waals surface area contributed by atoms with E-state index in [4.69, 9.17) is 5.73 Å². The van der Waals surface area contributed by atoms with Gasteiger partial charge in [-0.1, -0.05) is 18.2 Å². The predicted molar refractivity (Wildman–Crippen MR) is 84.0 cm³/mol. The third-order valence-corrected chi connectivity index (χ3v) is 4.51. The van der Waals surface area contributed by atoms with Crippen molar-refractivity contribution in [3.05, 3.63) is 47.8 Å². The molecule has 0 bridgehead atoms. The predicted octanol–water partition coefficient (Wildman–Crippen LogP) is 1.92. The zero-order chi connectivity index (χ0) is 15.1. The molecule has 2 N–H and O–H groups in total. The summed E-state index contributed by atoms with van der Waals surface area (Å²) in [5, 5.41) is 4.50. The number of aromatic nitrogens is 2. The van der Waals surface area contributed by atoms with Crippen LogP contribution in [0.1, 0.15) is 41.2 Å². The highest BCUT2D eigenvalue weighted by molar-refractivity contribution is 5.95. The number of benzene rings is 1. The van der Waals surface area contributed by atoms with Gasteiger partial charge in [0, 0.05) is 25.0 Å². The first-order valence-electron chi connectivity index (χ1n) is 7.92. The van der Waals surface area contributed by atoms with Gasteiger partial charge in [-0.3, -0.25) is 4.79 Å². The summed E-state index contributed by atoms with van der Waals surface area (Å²) in [4.78, 5) is 14.7. The molecule has 4 rings (SSSR count). The first-order valence-corrected chi connectivity index (χ1v) is 7.92. The SMILES string of the molecule is N[C@@H]1CCN(C(=O)c2cnn(-c3ccccc3)c2C2CC2)C1. The van der Waals surface area contributed by atoms with Crippen LogP contribution in [0.3, 0.4) is 0 Å². The van der Waals surface area contributed by atoms with E-state index in [1.165, 1.54) is 0 Å². The summed E-state index contributed by atoms with van der Waals surface area (Å²) < 4.78 is 1.93. The van der Waals surface area contributed by atoms with Crippen molar-refractivity contribution >= 4 is 5.91 Å². The van der Waals surface area contributed by atoms with Gasteiger partial charge in [0.1, 0.15) is 0 Å². The molecule has 1 aliphatic carbocycles. The maximum Gasteiger partial charge on any atom is 0.257 e. The summed E-state index contributed by atoms with van der Waals surface area (Å²) in [6.07, 6.45) is 4.89. The Balaban J connectivity index is 1.71. The molecule has 0 unspecified atom stereocenters. The first-order chi connectivity index (χ1) is 10.7. The Labute approximate surface area is 129 Å². The van der Waals surface area contributed by atoms with Crippen molar-refractivity contribution in [1.29, 1.82) is 0 Å². The van der Waals surface area contributed by atoms with Crippen molar-refractivity contribution in [3.8, 4) is 5.69 Å². The lowest BCUT2D eigenvalue weighted by atomic mass is 10.1. The average molecular weight is 296 g/mol. The fourth-order valence-corrected chi connectivity index (χ4v) is 3.19. The number of likely N-dealkylation sites (tertiary alicyclic amines) is 1. The summed E-state index contributed by atoms with van der Waals surface area (Å²) in [5.41, 5.74) is 8.76. The summed E-state index contributed by atoms with van der Waals surface area (Å²) in [6.45, 7) is 1.40. The molecule has 1 aromatic carbocycles. The Morgan fingerprint density at radius 1 is 1.18 bits per heavy atom. The molecule has 0 radical (unpaired) electrons. The van der Waals surface area contributed by atoms with Crippen LogP contribution < -0.4 is 5.73 Å². The number of amides is 1. The molecule has 5 heteroatoms. The zero-order valence-electron chi connectivity index (χ0n) is 12.5. The number of nitrogens with zero attached hydrogens (tertiary/aromatic N) is 3. The van der Waals surface area contributed by atoms with Crippen molar-refractivity contribution in [2.75, 3.05) is 13.1 Å². The zero-order valence-corrected chi connectivity index (χ0v) is 12.5. The lowest BCUT2D eigenvalue weighted by molar-refractivity contribution is 0.0789. The second-order valence-electron chi connectivity index (χ2n) is 6.27. The minimum Gasteiger partial charge on any atom is -0.337 e. The van der Waals surface area contributed by atoms with Gasteiger partial charge in [-0.15, -0.1) is 0 Å². The molecular formula is C17H20N4O. The Morgan fingerprint density at radius 3 is 2.59 bits per heavy atom. The number of carbonyl (C=O) groups is 1. The number of rotatable bonds is 3. The van der Waals surface area contributed by atoms with Gasteiger partial charge in [0.15, 0.2) is 0 Å². The minimum atomic E-state index is 0.0806. The topological polar surface area (TPSA) is 64.2 Å². The molecule has 22 heavy (non-hydrogen) atoms. The van der Waals surface area contributed by atoms with Gasteiger partial charge in [-0.25, -0.2) is 4.68 Å². The molecule has 1 amide bonds. The first kappa shape index (κ1) is 13.5. The Morgan fingerprint density at radius 2 is 1.95 bits per heavy atom. The van der Waals surface area contributed by atoms with Gasteiger partial charge in [0.25, 0.3) is 5.91 Å². The molecule has 2 fully saturated rings. The largest absolute Gasteiger partial charge is 0.337 e. The van der Waals surface area contributed by atoms with Gasteiger partial charge in [-0.2, -0.15) is 5.10 Å². The minimum absolute atomic E-state index is 0.0806. The summed E-state index contributed by atoms with van der Waals surface area (Å²) >= 11 is 0. The van der Waals surface area contributed by atoms with Crippen LogP contribution in [0.25, 0.3) is 5.69 Å². The second-order valence-corrected chi connectivity index (χ2v) is 6.27. The van der Waals surface area contributed by atoms with Gasteiger partial charge in [0.05, 0.1) is 23.1 Å².